The van der Waals surface area contributed by atoms with Crippen molar-refractivity contribution in [1.29, 1.82) is 0 Å². The molecule has 0 amide bonds. The number of benzene rings is 4. The van der Waals surface area contributed by atoms with Crippen LogP contribution in [0.1, 0.15) is 22.3 Å². The summed E-state index contributed by atoms with van der Waals surface area (Å²) in [4.78, 5) is 0. The van der Waals surface area contributed by atoms with Crippen LogP contribution in [0, 0.1) is 27.7 Å². The maximum Gasteiger partial charge on any atom is 0.118 e. The number of aromatic hydroxyl groups is 2. The molecule has 170 valence electrons. The van der Waals surface area contributed by atoms with E-state index in [0.717, 1.165) is 44.8 Å². The molecule has 0 aliphatic rings. The third-order valence-corrected chi connectivity index (χ3v) is 5.63. The van der Waals surface area contributed by atoms with Gasteiger partial charge in [0, 0.05) is 0 Å². The number of rotatable bonds is 5. The van der Waals surface area contributed by atoms with Crippen molar-refractivity contribution in [2.45, 2.75) is 27.7 Å². The van der Waals surface area contributed by atoms with Gasteiger partial charge in [0.1, 0.15) is 11.5 Å². The average Bonchev–Trinajstić information content (AvgIpc) is 2.81. The number of azo groups is 2. The molecule has 0 saturated heterocycles. The quantitative estimate of drug-likeness (QED) is 0.297. The van der Waals surface area contributed by atoms with Gasteiger partial charge in [-0.3, -0.25) is 0 Å². The van der Waals surface area contributed by atoms with Crippen molar-refractivity contribution < 1.29 is 10.2 Å². The van der Waals surface area contributed by atoms with Crippen LogP contribution in [0.2, 0.25) is 0 Å². The van der Waals surface area contributed by atoms with E-state index >= 15 is 0 Å². The molecule has 4 aromatic rings. The number of nitrogens with zero attached hydrogens (tertiary/aromatic N) is 4. The summed E-state index contributed by atoms with van der Waals surface area (Å²) in [5, 5.41) is 36.7. The lowest BCUT2D eigenvalue weighted by Crippen LogP contribution is -1.83. The molecule has 0 heterocycles. The third kappa shape index (κ3) is 5.18. The first-order chi connectivity index (χ1) is 16.3. The largest absolute Gasteiger partial charge is 0.508 e. The van der Waals surface area contributed by atoms with Crippen LogP contribution in [0.5, 0.6) is 11.5 Å². The zero-order valence-corrected chi connectivity index (χ0v) is 19.6. The Kier molecular flexibility index (Phi) is 6.50. The van der Waals surface area contributed by atoms with Crippen molar-refractivity contribution in [2.24, 2.45) is 20.5 Å². The second-order valence-electron chi connectivity index (χ2n) is 8.34. The Labute approximate surface area is 199 Å². The molecule has 6 nitrogen and oxygen atoms in total. The number of hydrogen-bond acceptors (Lipinski definition) is 6. The lowest BCUT2D eigenvalue weighted by molar-refractivity contribution is 0.470. The van der Waals surface area contributed by atoms with Crippen molar-refractivity contribution in [1.82, 2.24) is 0 Å². The monoisotopic (exact) mass is 450 g/mol. The molecule has 0 aromatic heterocycles. The van der Waals surface area contributed by atoms with Gasteiger partial charge in [-0.05, 0) is 122 Å². The summed E-state index contributed by atoms with van der Waals surface area (Å²) >= 11 is 0. The minimum Gasteiger partial charge on any atom is -0.508 e. The van der Waals surface area contributed by atoms with E-state index in [1.165, 1.54) is 0 Å². The summed E-state index contributed by atoms with van der Waals surface area (Å²) < 4.78 is 0. The van der Waals surface area contributed by atoms with Crippen molar-refractivity contribution in [2.75, 3.05) is 0 Å². The maximum absolute atomic E-state index is 9.66. The van der Waals surface area contributed by atoms with Gasteiger partial charge in [0.05, 0.1) is 22.7 Å². The first-order valence-electron chi connectivity index (χ1n) is 10.9. The van der Waals surface area contributed by atoms with Crippen molar-refractivity contribution in [3.05, 3.63) is 95.1 Å². The number of aryl methyl sites for hydroxylation is 4. The van der Waals surface area contributed by atoms with Gasteiger partial charge in [0.25, 0.3) is 0 Å². The number of hydrogen-bond donors (Lipinski definition) is 2. The van der Waals surface area contributed by atoms with Gasteiger partial charge in [0.15, 0.2) is 0 Å². The van der Waals surface area contributed by atoms with Gasteiger partial charge in [-0.2, -0.15) is 20.5 Å². The first kappa shape index (κ1) is 22.9. The molecule has 6 heteroatoms. The van der Waals surface area contributed by atoms with E-state index in [2.05, 4.69) is 32.6 Å². The van der Waals surface area contributed by atoms with E-state index in [-0.39, 0.29) is 11.5 Å². The summed E-state index contributed by atoms with van der Waals surface area (Å²) in [6.45, 7) is 7.68. The summed E-state index contributed by atoms with van der Waals surface area (Å²) in [5.74, 6) is 0.496. The van der Waals surface area contributed by atoms with Crippen LogP contribution in [0.25, 0.3) is 11.1 Å². The Morgan fingerprint density at radius 3 is 1.21 bits per heavy atom. The smallest absolute Gasteiger partial charge is 0.118 e. The Morgan fingerprint density at radius 2 is 0.853 bits per heavy atom. The molecule has 4 rings (SSSR count). The summed E-state index contributed by atoms with van der Waals surface area (Å²) in [7, 11) is 0. The predicted molar refractivity (Wildman–Crippen MR) is 135 cm³/mol. The average molecular weight is 451 g/mol. The third-order valence-electron chi connectivity index (χ3n) is 5.63. The number of phenols is 2. The van der Waals surface area contributed by atoms with Gasteiger partial charge in [-0.15, -0.1) is 0 Å². The fraction of sp³-hybridized carbons (Fsp3) is 0.143. The lowest BCUT2D eigenvalue weighted by atomic mass is 10.0. The molecular weight excluding hydrogens is 424 g/mol. The van der Waals surface area contributed by atoms with Gasteiger partial charge >= 0.3 is 0 Å². The highest BCUT2D eigenvalue weighted by atomic mass is 16.3. The molecule has 0 unspecified atom stereocenters. The molecule has 0 radical (unpaired) electrons. The fourth-order valence-corrected chi connectivity index (χ4v) is 3.52. The molecule has 0 aliphatic heterocycles. The zero-order valence-electron chi connectivity index (χ0n) is 19.6. The normalized spacial score (nSPS) is 11.5. The Bertz CT molecular complexity index is 1320. The van der Waals surface area contributed by atoms with Crippen LogP contribution in [-0.4, -0.2) is 10.2 Å². The Hall–Kier alpha value is -4.32. The van der Waals surface area contributed by atoms with E-state index in [1.807, 2.05) is 52.0 Å². The molecule has 0 fully saturated rings. The highest BCUT2D eigenvalue weighted by molar-refractivity contribution is 5.70. The molecule has 0 aliphatic carbocycles. The van der Waals surface area contributed by atoms with Crippen LogP contribution >= 0.6 is 0 Å². The van der Waals surface area contributed by atoms with Gasteiger partial charge in [-0.1, -0.05) is 12.1 Å². The molecule has 0 atom stereocenters. The molecule has 0 bridgehead atoms. The molecule has 34 heavy (non-hydrogen) atoms. The Balaban J connectivity index is 1.52. The van der Waals surface area contributed by atoms with Crippen molar-refractivity contribution >= 4 is 22.7 Å². The van der Waals surface area contributed by atoms with Gasteiger partial charge < -0.3 is 10.2 Å². The van der Waals surface area contributed by atoms with E-state index in [1.54, 1.807) is 36.4 Å². The van der Waals surface area contributed by atoms with Crippen molar-refractivity contribution in [3.63, 3.8) is 0 Å². The molecule has 0 saturated carbocycles. The van der Waals surface area contributed by atoms with Crippen molar-refractivity contribution in [3.8, 4) is 22.6 Å². The lowest BCUT2D eigenvalue weighted by Gasteiger charge is -2.08. The molecular formula is C28H26N4O2. The SMILES string of the molecule is Cc1cc(N=Nc2ccc(-c3ccc(N=Nc4ccc(O)c(C)c4)c(C)c3)cc2C)ccc1O. The summed E-state index contributed by atoms with van der Waals surface area (Å²) in [5.41, 5.74) is 8.70. The maximum atomic E-state index is 9.66. The topological polar surface area (TPSA) is 89.9 Å². The second-order valence-corrected chi connectivity index (χ2v) is 8.34. The van der Waals surface area contributed by atoms with E-state index in [0.29, 0.717) is 11.4 Å². The van der Waals surface area contributed by atoms with Crippen LogP contribution in [0.4, 0.5) is 22.7 Å². The fourth-order valence-electron chi connectivity index (χ4n) is 3.52. The van der Waals surface area contributed by atoms with Crippen LogP contribution < -0.4 is 0 Å². The van der Waals surface area contributed by atoms with E-state index in [9.17, 15) is 10.2 Å². The molecule has 2 N–H and O–H groups in total. The molecule has 4 aromatic carbocycles. The van der Waals surface area contributed by atoms with Crippen LogP contribution in [-0.2, 0) is 0 Å². The first-order valence-corrected chi connectivity index (χ1v) is 10.9. The minimum absolute atomic E-state index is 0.248. The van der Waals surface area contributed by atoms with E-state index < -0.39 is 0 Å². The Morgan fingerprint density at radius 1 is 0.441 bits per heavy atom. The van der Waals surface area contributed by atoms with Gasteiger partial charge in [0.2, 0.25) is 0 Å². The van der Waals surface area contributed by atoms with E-state index in [4.69, 9.17) is 0 Å². The highest BCUT2D eigenvalue weighted by Crippen LogP contribution is 2.32. The second kappa shape index (κ2) is 9.67. The summed E-state index contributed by atoms with van der Waals surface area (Å²) in [6.07, 6.45) is 0. The predicted octanol–water partition coefficient (Wildman–Crippen LogP) is 8.83. The standard InChI is InChI=1S/C28H26N4O2/c1-17-13-21(5-9-25(17)31-29-23-7-11-27(33)19(3)15-23)22-6-10-26(18(2)14-22)32-30-24-8-12-28(34)20(4)16-24/h5-16,33-34H,1-4H3. The van der Waals surface area contributed by atoms with Crippen LogP contribution in [0.3, 0.4) is 0 Å². The zero-order chi connectivity index (χ0) is 24.2. The number of phenolic OH excluding ortho intramolecular Hbond substituents is 2. The highest BCUT2D eigenvalue weighted by Gasteiger charge is 2.06. The minimum atomic E-state index is 0.248. The molecule has 0 spiro atoms. The van der Waals surface area contributed by atoms with Crippen LogP contribution in [0.15, 0.2) is 93.3 Å². The summed E-state index contributed by atoms with van der Waals surface area (Å²) in [6, 6.07) is 22.5. The van der Waals surface area contributed by atoms with Gasteiger partial charge in [-0.25, -0.2) is 0 Å².